The fourth-order valence-corrected chi connectivity index (χ4v) is 4.99. The first kappa shape index (κ1) is 18.7. The number of anilines is 1. The van der Waals surface area contributed by atoms with Crippen LogP contribution in [0.4, 0.5) is 10.1 Å². The molecular formula is C23H20ClFN6. The first-order chi connectivity index (χ1) is 15.1. The highest BCUT2D eigenvalue weighted by Crippen LogP contribution is 2.37. The van der Waals surface area contributed by atoms with Crippen LogP contribution in [-0.2, 0) is 0 Å². The first-order valence-electron chi connectivity index (χ1n) is 10.3. The van der Waals surface area contributed by atoms with Crippen molar-refractivity contribution in [2.24, 2.45) is 5.92 Å². The van der Waals surface area contributed by atoms with Gasteiger partial charge in [-0.3, -0.25) is 10.1 Å². The van der Waals surface area contributed by atoms with E-state index in [1.807, 2.05) is 18.3 Å². The molecule has 0 spiro atoms. The highest BCUT2D eigenvalue weighted by Gasteiger charge is 2.44. The molecule has 5 heterocycles. The molecule has 4 aromatic rings. The summed E-state index contributed by atoms with van der Waals surface area (Å²) < 4.78 is 14.5. The monoisotopic (exact) mass is 434 g/mol. The number of rotatable bonds is 3. The molecule has 1 aromatic carbocycles. The van der Waals surface area contributed by atoms with Crippen LogP contribution in [0.1, 0.15) is 0 Å². The number of benzene rings is 1. The van der Waals surface area contributed by atoms with E-state index in [4.69, 9.17) is 16.6 Å². The quantitative estimate of drug-likeness (QED) is 0.523. The van der Waals surface area contributed by atoms with Crippen LogP contribution >= 0.6 is 11.6 Å². The molecule has 2 atom stereocenters. The number of pyridine rings is 2. The summed E-state index contributed by atoms with van der Waals surface area (Å²) in [6, 6.07) is 11.0. The van der Waals surface area contributed by atoms with E-state index >= 15 is 0 Å². The van der Waals surface area contributed by atoms with Gasteiger partial charge in [-0.15, -0.1) is 0 Å². The number of hydrogen-bond acceptors (Lipinski definition) is 5. The van der Waals surface area contributed by atoms with Crippen molar-refractivity contribution in [3.63, 3.8) is 0 Å². The fraction of sp³-hybridized carbons (Fsp3) is 0.261. The second-order valence-corrected chi connectivity index (χ2v) is 8.85. The number of aromatic nitrogens is 4. The van der Waals surface area contributed by atoms with Crippen LogP contribution in [0.15, 0.2) is 48.8 Å². The highest BCUT2D eigenvalue weighted by molar-refractivity contribution is 6.30. The topological polar surface area (TPSA) is 60.9 Å². The molecule has 8 heteroatoms. The second kappa shape index (κ2) is 7.00. The molecule has 2 fully saturated rings. The number of halogens is 2. The lowest BCUT2D eigenvalue weighted by atomic mass is 9.91. The number of nitrogens with one attached hydrogen (secondary N) is 1. The Morgan fingerprint density at radius 1 is 1.03 bits per heavy atom. The van der Waals surface area contributed by atoms with E-state index in [1.165, 1.54) is 12.1 Å². The molecular weight excluding hydrogens is 415 g/mol. The summed E-state index contributed by atoms with van der Waals surface area (Å²) in [6.45, 7) is 3.30. The first-order valence-corrected chi connectivity index (χ1v) is 10.7. The van der Waals surface area contributed by atoms with E-state index in [0.717, 1.165) is 47.8 Å². The zero-order chi connectivity index (χ0) is 21.1. The minimum absolute atomic E-state index is 0.366. The number of aromatic amines is 1. The maximum absolute atomic E-state index is 14.5. The third kappa shape index (κ3) is 3.07. The average Bonchev–Trinajstić information content (AvgIpc) is 3.35. The summed E-state index contributed by atoms with van der Waals surface area (Å²) in [7, 11) is 2.17. The van der Waals surface area contributed by atoms with Crippen molar-refractivity contribution in [1.82, 2.24) is 25.1 Å². The number of nitrogens with zero attached hydrogens (tertiary/aromatic N) is 5. The van der Waals surface area contributed by atoms with Crippen molar-refractivity contribution in [2.75, 3.05) is 31.6 Å². The molecule has 0 aliphatic carbocycles. The van der Waals surface area contributed by atoms with Gasteiger partial charge in [0.05, 0.1) is 40.5 Å². The average molecular weight is 435 g/mol. The fourth-order valence-electron chi connectivity index (χ4n) is 4.82. The van der Waals surface area contributed by atoms with Gasteiger partial charge in [0.1, 0.15) is 5.82 Å². The van der Waals surface area contributed by atoms with Crippen LogP contribution in [0.25, 0.3) is 33.5 Å². The van der Waals surface area contributed by atoms with Crippen LogP contribution in [0.5, 0.6) is 0 Å². The molecule has 1 unspecified atom stereocenters. The molecule has 31 heavy (non-hydrogen) atoms. The number of fused-ring (bicyclic) bond motifs is 2. The van der Waals surface area contributed by atoms with Crippen LogP contribution in [0.2, 0.25) is 5.02 Å². The van der Waals surface area contributed by atoms with Crippen molar-refractivity contribution < 1.29 is 4.39 Å². The molecule has 6 nitrogen and oxygen atoms in total. The van der Waals surface area contributed by atoms with Crippen molar-refractivity contribution >= 4 is 28.3 Å². The van der Waals surface area contributed by atoms with Crippen LogP contribution in [-0.4, -0.2) is 57.8 Å². The molecule has 0 radical (unpaired) electrons. The minimum atomic E-state index is -0.367. The molecule has 0 bridgehead atoms. The summed E-state index contributed by atoms with van der Waals surface area (Å²) in [5.41, 5.74) is 5.07. The van der Waals surface area contributed by atoms with Crippen LogP contribution in [0, 0.1) is 11.7 Å². The third-order valence-electron chi connectivity index (χ3n) is 6.39. The predicted octanol–water partition coefficient (Wildman–Crippen LogP) is 4.23. The minimum Gasteiger partial charge on any atom is -0.365 e. The van der Waals surface area contributed by atoms with Crippen molar-refractivity contribution in [3.8, 4) is 22.5 Å². The Bertz CT molecular complexity index is 1300. The van der Waals surface area contributed by atoms with E-state index in [-0.39, 0.29) is 5.82 Å². The van der Waals surface area contributed by atoms with Crippen molar-refractivity contribution in [2.45, 2.75) is 6.04 Å². The summed E-state index contributed by atoms with van der Waals surface area (Å²) in [6.07, 6.45) is 3.60. The van der Waals surface area contributed by atoms with Gasteiger partial charge in [-0.05, 0) is 43.4 Å². The molecule has 0 saturated carbocycles. The lowest BCUT2D eigenvalue weighted by molar-refractivity contribution is 0.361. The van der Waals surface area contributed by atoms with Crippen LogP contribution < -0.4 is 4.90 Å². The van der Waals surface area contributed by atoms with Gasteiger partial charge in [-0.25, -0.2) is 9.37 Å². The Morgan fingerprint density at radius 3 is 2.81 bits per heavy atom. The van der Waals surface area contributed by atoms with Gasteiger partial charge in [0.2, 0.25) is 0 Å². The lowest BCUT2D eigenvalue weighted by Gasteiger charge is -2.45. The zero-order valence-corrected chi connectivity index (χ0v) is 17.6. The van der Waals surface area contributed by atoms with E-state index in [2.05, 4.69) is 38.1 Å². The summed E-state index contributed by atoms with van der Waals surface area (Å²) >= 11 is 6.09. The van der Waals surface area contributed by atoms with E-state index in [0.29, 0.717) is 28.0 Å². The molecule has 2 aliphatic heterocycles. The van der Waals surface area contributed by atoms with Gasteiger partial charge >= 0.3 is 0 Å². The Kier molecular flexibility index (Phi) is 4.23. The summed E-state index contributed by atoms with van der Waals surface area (Å²) in [5, 5.41) is 7.49. The maximum atomic E-state index is 14.5. The summed E-state index contributed by atoms with van der Waals surface area (Å²) in [4.78, 5) is 14.3. The molecule has 3 aromatic heterocycles. The number of hydrogen-bond donors (Lipinski definition) is 1. The summed E-state index contributed by atoms with van der Waals surface area (Å²) in [5.74, 6) is 0.370. The molecule has 6 rings (SSSR count). The van der Waals surface area contributed by atoms with E-state index in [9.17, 15) is 4.39 Å². The Balaban J connectivity index is 1.39. The predicted molar refractivity (Wildman–Crippen MR) is 120 cm³/mol. The van der Waals surface area contributed by atoms with Gasteiger partial charge in [-0.1, -0.05) is 11.6 Å². The Hall–Kier alpha value is -3.03. The standard InChI is InChI=1S/C23H20ClFN6/c1-30-10-13-11-31(22(13)12-30)15-7-21-20(26-8-15)5-4-19(28-21)17-9-27-29-23(17)16-6-14(24)2-3-18(16)25/h2-9,13,22H,10-12H2,1H3,(H,27,29)/t13-,22?/m0/s1. The third-order valence-corrected chi connectivity index (χ3v) is 6.62. The number of H-pyrrole nitrogens is 1. The molecule has 156 valence electrons. The SMILES string of the molecule is CN1CC2[C@@H](C1)CN2c1cnc2ccc(-c3cn[nH]c3-c3cc(Cl)ccc3F)nc2c1. The molecule has 0 amide bonds. The molecule has 2 aliphatic rings. The normalized spacial score (nSPS) is 20.8. The van der Waals surface area contributed by atoms with E-state index < -0.39 is 0 Å². The zero-order valence-electron chi connectivity index (χ0n) is 16.9. The second-order valence-electron chi connectivity index (χ2n) is 8.41. The largest absolute Gasteiger partial charge is 0.365 e. The van der Waals surface area contributed by atoms with E-state index in [1.54, 1.807) is 12.3 Å². The molecule has 1 N–H and O–H groups in total. The van der Waals surface area contributed by atoms with Crippen molar-refractivity contribution in [3.05, 3.63) is 59.6 Å². The number of likely N-dealkylation sites (N-methyl/N-ethyl adjacent to an activating group) is 1. The van der Waals surface area contributed by atoms with Crippen LogP contribution in [0.3, 0.4) is 0 Å². The molecule has 2 saturated heterocycles. The Morgan fingerprint density at radius 2 is 1.94 bits per heavy atom. The van der Waals surface area contributed by atoms with Gasteiger partial charge in [0.25, 0.3) is 0 Å². The smallest absolute Gasteiger partial charge is 0.132 e. The van der Waals surface area contributed by atoms with Gasteiger partial charge in [0.15, 0.2) is 0 Å². The maximum Gasteiger partial charge on any atom is 0.132 e. The number of likely N-dealkylation sites (tertiary alicyclic amines) is 1. The van der Waals surface area contributed by atoms with Crippen molar-refractivity contribution in [1.29, 1.82) is 0 Å². The Labute approximate surface area is 183 Å². The van der Waals surface area contributed by atoms with Gasteiger partial charge in [-0.2, -0.15) is 5.10 Å². The van der Waals surface area contributed by atoms with Gasteiger partial charge in [0, 0.05) is 47.7 Å². The van der Waals surface area contributed by atoms with Gasteiger partial charge < -0.3 is 9.80 Å². The highest BCUT2D eigenvalue weighted by atomic mass is 35.5. The lowest BCUT2D eigenvalue weighted by Crippen LogP contribution is -2.55.